The fourth-order valence-corrected chi connectivity index (χ4v) is 23.4. The number of fused-ring (bicyclic) bond motifs is 16. The quantitative estimate of drug-likeness (QED) is 0.165. The van der Waals surface area contributed by atoms with Crippen LogP contribution in [0.4, 0.5) is 0 Å². The highest BCUT2D eigenvalue weighted by atomic mass is 32.1. The van der Waals surface area contributed by atoms with Crippen LogP contribution >= 0.6 is 90.7 Å². The van der Waals surface area contributed by atoms with E-state index >= 15 is 0 Å². The molecule has 2 atom stereocenters. The molecule has 388 valence electrons. The average molecular weight is 1170 g/mol. The molecule has 4 aliphatic carbocycles. The second kappa shape index (κ2) is 17.7. The van der Waals surface area contributed by atoms with E-state index in [1.807, 2.05) is 90.7 Å². The van der Waals surface area contributed by atoms with Gasteiger partial charge in [0.15, 0.2) is 0 Å². The molecule has 0 saturated heterocycles. The van der Waals surface area contributed by atoms with E-state index in [4.69, 9.17) is 0 Å². The summed E-state index contributed by atoms with van der Waals surface area (Å²) in [6, 6.07) is 51.8. The van der Waals surface area contributed by atoms with Gasteiger partial charge in [0.05, 0.1) is 0 Å². The molecule has 0 spiro atoms. The molecule has 0 nitrogen and oxygen atoms in total. The third-order valence-electron chi connectivity index (χ3n) is 17.8. The van der Waals surface area contributed by atoms with Gasteiger partial charge in [-0.25, -0.2) is 0 Å². The Kier molecular flexibility index (Phi) is 10.8. The van der Waals surface area contributed by atoms with Crippen LogP contribution < -0.4 is 0 Å². The number of benzene rings is 6. The Balaban J connectivity index is 0.000000128. The van der Waals surface area contributed by atoms with E-state index in [2.05, 4.69) is 189 Å². The molecule has 2 unspecified atom stereocenters. The van der Waals surface area contributed by atoms with Crippen molar-refractivity contribution in [3.05, 3.63) is 211 Å². The van der Waals surface area contributed by atoms with Gasteiger partial charge in [-0.3, -0.25) is 0 Å². The molecule has 14 aromatic rings. The zero-order chi connectivity index (χ0) is 53.7. The van der Waals surface area contributed by atoms with E-state index in [0.717, 1.165) is 12.8 Å². The molecule has 0 aliphatic heterocycles. The predicted octanol–water partition coefficient (Wildman–Crippen LogP) is 24.4. The number of thiophene rings is 8. The lowest BCUT2D eigenvalue weighted by Gasteiger charge is -2.16. The van der Waals surface area contributed by atoms with Gasteiger partial charge in [-0.1, -0.05) is 84.6 Å². The van der Waals surface area contributed by atoms with Crippen molar-refractivity contribution in [2.45, 2.75) is 80.1 Å². The number of hydrogen-bond acceptors (Lipinski definition) is 8. The zero-order valence-corrected chi connectivity index (χ0v) is 52.1. The van der Waals surface area contributed by atoms with E-state index in [1.165, 1.54) is 188 Å². The van der Waals surface area contributed by atoms with Crippen molar-refractivity contribution in [2.75, 3.05) is 0 Å². The summed E-state index contributed by atoms with van der Waals surface area (Å²) < 4.78 is 5.53. The van der Waals surface area contributed by atoms with Crippen LogP contribution in [-0.2, 0) is 12.8 Å². The van der Waals surface area contributed by atoms with Crippen molar-refractivity contribution in [1.29, 1.82) is 0 Å². The first-order chi connectivity index (χ1) is 38.8. The van der Waals surface area contributed by atoms with E-state index in [-0.39, 0.29) is 0 Å². The molecule has 8 heteroatoms. The number of hydrogen-bond donors (Lipinski definition) is 0. The van der Waals surface area contributed by atoms with Crippen molar-refractivity contribution < 1.29 is 0 Å². The second-order valence-corrected chi connectivity index (χ2v) is 31.7. The van der Waals surface area contributed by atoms with E-state index in [9.17, 15) is 0 Å². The Hall–Kier alpha value is -6.04. The first-order valence-corrected chi connectivity index (χ1v) is 34.2. The first-order valence-electron chi connectivity index (χ1n) is 27.7. The highest BCUT2D eigenvalue weighted by Crippen LogP contribution is 2.60. The van der Waals surface area contributed by atoms with Crippen LogP contribution in [0, 0.1) is 41.5 Å². The van der Waals surface area contributed by atoms with Crippen LogP contribution in [0.25, 0.3) is 121 Å². The Morgan fingerprint density at radius 1 is 0.300 bits per heavy atom. The molecule has 0 bridgehead atoms. The smallest absolute Gasteiger partial charge is 0.0455 e. The Labute approximate surface area is 498 Å². The van der Waals surface area contributed by atoms with E-state index < -0.39 is 0 Å². The van der Waals surface area contributed by atoms with Crippen LogP contribution in [0.15, 0.2) is 133 Å². The van der Waals surface area contributed by atoms with Crippen molar-refractivity contribution in [1.82, 2.24) is 0 Å². The Morgan fingerprint density at radius 2 is 0.600 bits per heavy atom. The van der Waals surface area contributed by atoms with Crippen LogP contribution in [0.5, 0.6) is 0 Å². The third kappa shape index (κ3) is 7.35. The van der Waals surface area contributed by atoms with Crippen molar-refractivity contribution in [3.8, 4) is 80.8 Å². The molecule has 0 N–H and O–H groups in total. The molecule has 0 amide bonds. The molecule has 6 aromatic carbocycles. The van der Waals surface area contributed by atoms with Gasteiger partial charge in [-0.05, 0) is 239 Å². The molecular formula is C72H52S8. The number of aryl methyl sites for hydroxylation is 4. The van der Waals surface area contributed by atoms with Crippen LogP contribution in [0.2, 0.25) is 0 Å². The minimum absolute atomic E-state index is 0.432. The fraction of sp³-hybridized carbons (Fsp3) is 0.167. The molecule has 80 heavy (non-hydrogen) atoms. The predicted molar refractivity (Wildman–Crippen MR) is 358 cm³/mol. The van der Waals surface area contributed by atoms with Crippen LogP contribution in [0.1, 0.15) is 104 Å². The Bertz CT molecular complexity index is 4700. The summed E-state index contributed by atoms with van der Waals surface area (Å²) in [5, 5.41) is 5.47. The van der Waals surface area contributed by atoms with Gasteiger partial charge in [-0.2, -0.15) is 0 Å². The summed E-state index contributed by atoms with van der Waals surface area (Å²) in [6.45, 7) is 18.3. The summed E-state index contributed by atoms with van der Waals surface area (Å²) in [4.78, 5) is 17.3. The molecule has 0 radical (unpaired) electrons. The van der Waals surface area contributed by atoms with Gasteiger partial charge >= 0.3 is 0 Å². The van der Waals surface area contributed by atoms with Crippen LogP contribution in [0.3, 0.4) is 0 Å². The minimum Gasteiger partial charge on any atom is -0.134 e. The molecule has 0 saturated carbocycles. The van der Waals surface area contributed by atoms with Gasteiger partial charge in [0.2, 0.25) is 0 Å². The highest BCUT2D eigenvalue weighted by molar-refractivity contribution is 7.29. The van der Waals surface area contributed by atoms with Crippen molar-refractivity contribution in [2.24, 2.45) is 0 Å². The monoisotopic (exact) mass is 1170 g/mol. The minimum atomic E-state index is 0.432. The van der Waals surface area contributed by atoms with Crippen molar-refractivity contribution in [3.63, 3.8) is 0 Å². The lowest BCUT2D eigenvalue weighted by molar-refractivity contribution is 0.946. The first kappa shape index (κ1) is 48.6. The van der Waals surface area contributed by atoms with E-state index in [1.54, 1.807) is 11.1 Å². The molecule has 18 rings (SSSR count). The summed E-state index contributed by atoms with van der Waals surface area (Å²) in [7, 11) is 0. The maximum atomic E-state index is 2.54. The van der Waals surface area contributed by atoms with Gasteiger partial charge in [-0.15, -0.1) is 90.7 Å². The topological polar surface area (TPSA) is 0 Å². The largest absolute Gasteiger partial charge is 0.134 e. The second-order valence-electron chi connectivity index (χ2n) is 23.1. The van der Waals surface area contributed by atoms with Gasteiger partial charge in [0.25, 0.3) is 0 Å². The number of rotatable bonds is 4. The lowest BCUT2D eigenvalue weighted by atomic mass is 9.90. The molecule has 0 fully saturated rings. The maximum Gasteiger partial charge on any atom is 0.0455 e. The van der Waals surface area contributed by atoms with Gasteiger partial charge in [0.1, 0.15) is 0 Å². The Morgan fingerprint density at radius 3 is 0.938 bits per heavy atom. The fourth-order valence-electron chi connectivity index (χ4n) is 13.7. The molecule has 8 heterocycles. The average Bonchev–Trinajstić information content (AvgIpc) is 4.13. The SMILES string of the molecule is Cc1ccc2sc(-c3cc4c(s3)-c3c(C)c5c(c(C)c3C4)-c3sc(-c4cc6cc(C)ccc6s4)cc3C5)cc2c1.Cc1ccc2sc(-c3cc4c(s3)-c3cc5c(cc3C4C)-c3sc(-c4cc6cc(C)ccc6s4)cc3C5C)cc2c1. The van der Waals surface area contributed by atoms with E-state index in [0.29, 0.717) is 11.8 Å². The standard InChI is InChI=1S/2C36H26S4/c1-17-5-7-27-21(9-17)13-29(37-27)31-15-23-11-25-20(4)34-26(19(3)33(25)35(23)39-31)12-24-16-32(40-36(24)34)30-14-22-10-18(2)6-8-28(22)38-30;1-17-5-7-29-21(9-17)11-31(37-29)33-15-25-19(3)23-14-28-24(13-27(23)35(25)39-33)20(4)26-16-34(40-36(26)28)32-12-22-10-18(2)6-8-30(22)38-32/h5-10,13-16H,11-12H2,1-4H3;5-16,19-20H,1-4H3. The third-order valence-corrected chi connectivity index (χ3v) is 27.8. The summed E-state index contributed by atoms with van der Waals surface area (Å²) in [6.07, 6.45) is 2.13. The molecule has 8 aromatic heterocycles. The van der Waals surface area contributed by atoms with Crippen molar-refractivity contribution >= 4 is 131 Å². The zero-order valence-electron chi connectivity index (χ0n) is 45.5. The summed E-state index contributed by atoms with van der Waals surface area (Å²) in [5.74, 6) is 0.864. The molecule has 4 aliphatic rings. The summed E-state index contributed by atoms with van der Waals surface area (Å²) in [5.41, 5.74) is 26.6. The van der Waals surface area contributed by atoms with Crippen LogP contribution in [-0.4, -0.2) is 0 Å². The normalized spacial score (nSPS) is 15.2. The van der Waals surface area contributed by atoms with Gasteiger partial charge in [0, 0.05) is 89.2 Å². The van der Waals surface area contributed by atoms with Gasteiger partial charge < -0.3 is 0 Å². The maximum absolute atomic E-state index is 2.54. The lowest BCUT2D eigenvalue weighted by Crippen LogP contribution is -1.97. The highest BCUT2D eigenvalue weighted by Gasteiger charge is 2.37. The summed E-state index contributed by atoms with van der Waals surface area (Å²) >= 11 is 15.7. The molecular weight excluding hydrogens is 1120 g/mol.